The van der Waals surface area contributed by atoms with Gasteiger partial charge in [0.05, 0.1) is 0 Å². The van der Waals surface area contributed by atoms with E-state index in [0.717, 1.165) is 0 Å². The smallest absolute Gasteiger partial charge is 0.290 e. The molecule has 0 spiro atoms. The summed E-state index contributed by atoms with van der Waals surface area (Å²) in [7, 11) is -10.1. The lowest BCUT2D eigenvalue weighted by molar-refractivity contribution is -0.114. The van der Waals surface area contributed by atoms with Crippen LogP contribution in [0.2, 0.25) is 0 Å². The number of ketones is 2. The fraction of sp³-hybridized carbons (Fsp3) is 0. The third kappa shape index (κ3) is 2.41. The van der Waals surface area contributed by atoms with Crippen molar-refractivity contribution in [2.75, 3.05) is 0 Å². The number of rotatable bonds is 2. The average molecular weight is 268 g/mol. The molecule has 0 amide bonds. The Morgan fingerprint density at radius 2 is 1.12 bits per heavy atom. The molecule has 0 bridgehead atoms. The first-order chi connectivity index (χ1) is 7.03. The predicted molar refractivity (Wildman–Crippen MR) is 49.3 cm³/mol. The predicted octanol–water partition coefficient (Wildman–Crippen LogP) is -1.32. The van der Waals surface area contributed by atoms with Gasteiger partial charge >= 0.3 is 0 Å². The van der Waals surface area contributed by atoms with Gasteiger partial charge in [0.2, 0.25) is 5.78 Å². The van der Waals surface area contributed by atoms with E-state index < -0.39 is 41.6 Å². The average Bonchev–Trinajstić information content (AvgIpc) is 2.04. The number of carbonyl (C=O) groups is 2. The van der Waals surface area contributed by atoms with Crippen molar-refractivity contribution in [3.05, 3.63) is 22.0 Å². The van der Waals surface area contributed by atoms with E-state index in [1.165, 1.54) is 0 Å². The molecule has 0 unspecified atom stereocenters. The first-order valence-electron chi connectivity index (χ1n) is 3.50. The van der Waals surface area contributed by atoms with E-state index in [2.05, 4.69) is 0 Å². The van der Waals surface area contributed by atoms with Crippen LogP contribution in [-0.4, -0.2) is 37.5 Å². The Kier molecular flexibility index (Phi) is 2.85. The molecule has 0 saturated carbocycles. The van der Waals surface area contributed by atoms with E-state index in [1.54, 1.807) is 0 Å². The minimum absolute atomic E-state index is 0.256. The van der Waals surface area contributed by atoms with Gasteiger partial charge in [-0.15, -0.1) is 0 Å². The second kappa shape index (κ2) is 3.59. The molecule has 0 aromatic rings. The van der Waals surface area contributed by atoms with Crippen molar-refractivity contribution in [3.63, 3.8) is 0 Å². The highest BCUT2D eigenvalue weighted by Crippen LogP contribution is 2.20. The van der Waals surface area contributed by atoms with E-state index >= 15 is 0 Å². The van der Waals surface area contributed by atoms with Gasteiger partial charge in [0.25, 0.3) is 20.2 Å². The third-order valence-corrected chi connectivity index (χ3v) is 3.27. The highest BCUT2D eigenvalue weighted by atomic mass is 32.2. The van der Waals surface area contributed by atoms with E-state index in [1.807, 2.05) is 0 Å². The summed E-state index contributed by atoms with van der Waals surface area (Å²) in [6, 6.07) is 0. The summed E-state index contributed by atoms with van der Waals surface area (Å²) in [6.45, 7) is 0. The molecular formula is C6H4O8S2. The van der Waals surface area contributed by atoms with Crippen LogP contribution in [0.5, 0.6) is 0 Å². The van der Waals surface area contributed by atoms with Gasteiger partial charge in [-0.25, -0.2) is 0 Å². The molecule has 0 aromatic carbocycles. The lowest BCUT2D eigenvalue weighted by atomic mass is 10.2. The largest absolute Gasteiger partial charge is 0.298 e. The fourth-order valence-electron chi connectivity index (χ4n) is 0.936. The maximum atomic E-state index is 11.2. The molecule has 8 nitrogen and oxygen atoms in total. The molecule has 1 aliphatic carbocycles. The van der Waals surface area contributed by atoms with Crippen LogP contribution in [0.25, 0.3) is 0 Å². The molecule has 0 aromatic heterocycles. The van der Waals surface area contributed by atoms with Crippen LogP contribution in [0.4, 0.5) is 0 Å². The molecule has 0 atom stereocenters. The zero-order valence-electron chi connectivity index (χ0n) is 7.32. The highest BCUT2D eigenvalue weighted by Gasteiger charge is 2.35. The summed E-state index contributed by atoms with van der Waals surface area (Å²) < 4.78 is 59.6. The second-order valence-corrected chi connectivity index (χ2v) is 5.48. The number of allylic oxidation sites excluding steroid dienone is 4. The van der Waals surface area contributed by atoms with Gasteiger partial charge in [-0.2, -0.15) is 16.8 Å². The Bertz CT molecular complexity index is 576. The molecule has 16 heavy (non-hydrogen) atoms. The Morgan fingerprint density at radius 1 is 0.812 bits per heavy atom. The summed E-state index contributed by atoms with van der Waals surface area (Å²) in [6.07, 6.45) is 0.513. The monoisotopic (exact) mass is 268 g/mol. The van der Waals surface area contributed by atoms with Gasteiger partial charge in [-0.1, -0.05) is 0 Å². The van der Waals surface area contributed by atoms with Crippen molar-refractivity contribution in [3.8, 4) is 0 Å². The van der Waals surface area contributed by atoms with E-state index in [-0.39, 0.29) is 12.2 Å². The Labute approximate surface area is 89.8 Å². The summed E-state index contributed by atoms with van der Waals surface area (Å²) in [5.41, 5.74) is 0. The zero-order valence-corrected chi connectivity index (χ0v) is 8.95. The number of carbonyl (C=O) groups excluding carboxylic acids is 2. The van der Waals surface area contributed by atoms with Crippen molar-refractivity contribution in [1.29, 1.82) is 0 Å². The molecule has 0 saturated heterocycles. The topological polar surface area (TPSA) is 143 Å². The van der Waals surface area contributed by atoms with Gasteiger partial charge in [0, 0.05) is 12.2 Å². The van der Waals surface area contributed by atoms with E-state index in [4.69, 9.17) is 9.11 Å². The van der Waals surface area contributed by atoms with Gasteiger partial charge < -0.3 is 0 Å². The maximum Gasteiger partial charge on any atom is 0.298 e. The number of Topliss-reactive ketones (excluding diaryl/α,β-unsaturated/α-hetero) is 1. The summed E-state index contributed by atoms with van der Waals surface area (Å²) in [5.74, 6) is -2.82. The van der Waals surface area contributed by atoms with Crippen LogP contribution >= 0.6 is 0 Å². The fourth-order valence-corrected chi connectivity index (χ4v) is 2.22. The van der Waals surface area contributed by atoms with E-state index in [9.17, 15) is 26.4 Å². The zero-order chi connectivity index (χ0) is 12.7. The minimum atomic E-state index is -5.03. The van der Waals surface area contributed by atoms with Gasteiger partial charge in [0.15, 0.2) is 5.78 Å². The van der Waals surface area contributed by atoms with Crippen LogP contribution in [0.3, 0.4) is 0 Å². The molecule has 1 aliphatic rings. The lowest BCUT2D eigenvalue weighted by Gasteiger charge is -2.08. The van der Waals surface area contributed by atoms with Crippen molar-refractivity contribution in [2.45, 2.75) is 0 Å². The summed E-state index contributed by atoms with van der Waals surface area (Å²) >= 11 is 0. The SMILES string of the molecule is O=C1C=C(S(=O)(=O)O)C(=O)C(S(=O)(=O)O)=C1. The van der Waals surface area contributed by atoms with Crippen molar-refractivity contribution < 1.29 is 35.5 Å². The van der Waals surface area contributed by atoms with Crippen LogP contribution in [-0.2, 0) is 29.8 Å². The minimum Gasteiger partial charge on any atom is -0.290 e. The maximum absolute atomic E-state index is 11.2. The van der Waals surface area contributed by atoms with Gasteiger partial charge in [-0.3, -0.25) is 18.7 Å². The van der Waals surface area contributed by atoms with Crippen molar-refractivity contribution >= 4 is 31.8 Å². The van der Waals surface area contributed by atoms with Gasteiger partial charge in [-0.05, 0) is 0 Å². The molecule has 2 N–H and O–H groups in total. The van der Waals surface area contributed by atoms with Crippen LogP contribution in [0.15, 0.2) is 22.0 Å². The van der Waals surface area contributed by atoms with Crippen LogP contribution in [0, 0.1) is 0 Å². The molecule has 0 fully saturated rings. The Balaban J connectivity index is 3.47. The molecule has 0 aliphatic heterocycles. The number of hydrogen-bond donors (Lipinski definition) is 2. The van der Waals surface area contributed by atoms with Gasteiger partial charge in [0.1, 0.15) is 9.81 Å². The molecule has 10 heteroatoms. The standard InChI is InChI=1S/C6H4O8S2/c7-3-1-4(15(9,10)11)6(8)5(2-3)16(12,13)14/h1-2H,(H,9,10,11)(H,12,13,14). The highest BCUT2D eigenvalue weighted by molar-refractivity contribution is 7.93. The Morgan fingerprint density at radius 3 is 1.38 bits per heavy atom. The molecule has 0 radical (unpaired) electrons. The summed E-state index contributed by atoms with van der Waals surface area (Å²) in [4.78, 5) is 19.3. The summed E-state index contributed by atoms with van der Waals surface area (Å²) in [5, 5.41) is 0. The third-order valence-electron chi connectivity index (χ3n) is 1.55. The first kappa shape index (κ1) is 12.7. The van der Waals surface area contributed by atoms with Crippen LogP contribution < -0.4 is 0 Å². The lowest BCUT2D eigenvalue weighted by Crippen LogP contribution is -2.24. The normalized spacial score (nSPS) is 18.1. The molecule has 0 heterocycles. The molecule has 1 rings (SSSR count). The van der Waals surface area contributed by atoms with Crippen molar-refractivity contribution in [2.24, 2.45) is 0 Å². The van der Waals surface area contributed by atoms with Crippen LogP contribution in [0.1, 0.15) is 0 Å². The molecule has 88 valence electrons. The quantitative estimate of drug-likeness (QED) is 0.463. The second-order valence-electron chi connectivity index (χ2n) is 2.70. The number of hydrogen-bond acceptors (Lipinski definition) is 6. The first-order valence-corrected chi connectivity index (χ1v) is 6.38. The molecular weight excluding hydrogens is 264 g/mol. The Hall–Kier alpha value is -1.36. The van der Waals surface area contributed by atoms with E-state index in [0.29, 0.717) is 0 Å². The van der Waals surface area contributed by atoms with Crippen molar-refractivity contribution in [1.82, 2.24) is 0 Å².